The summed E-state index contributed by atoms with van der Waals surface area (Å²) in [6, 6.07) is 6.72. The van der Waals surface area contributed by atoms with Gasteiger partial charge in [0.25, 0.3) is 0 Å². The number of hydrogen-bond acceptors (Lipinski definition) is 8. The first kappa shape index (κ1) is 31.6. The van der Waals surface area contributed by atoms with Gasteiger partial charge < -0.3 is 19.7 Å². The van der Waals surface area contributed by atoms with E-state index in [-0.39, 0.29) is 53.6 Å². The van der Waals surface area contributed by atoms with Crippen molar-refractivity contribution in [1.29, 1.82) is 5.26 Å². The van der Waals surface area contributed by atoms with E-state index in [0.717, 1.165) is 42.4 Å². The Bertz CT molecular complexity index is 1520. The third-order valence-electron chi connectivity index (χ3n) is 11.9. The van der Waals surface area contributed by atoms with Crippen LogP contribution in [-0.4, -0.2) is 53.7 Å². The number of carbonyl (C=O) groups is 2. The predicted octanol–water partition coefficient (Wildman–Crippen LogP) is 5.16. The van der Waals surface area contributed by atoms with Gasteiger partial charge in [0.15, 0.2) is 6.61 Å². The summed E-state index contributed by atoms with van der Waals surface area (Å²) >= 11 is 0. The lowest BCUT2D eigenvalue weighted by molar-refractivity contribution is -0.214. The maximum absolute atomic E-state index is 14.1. The molecule has 0 aromatic heterocycles. The Morgan fingerprint density at radius 2 is 2.00 bits per heavy atom. The van der Waals surface area contributed by atoms with Gasteiger partial charge in [-0.15, -0.1) is 0 Å². The molecule has 0 bridgehead atoms. The van der Waals surface area contributed by atoms with Crippen molar-refractivity contribution >= 4 is 18.2 Å². The number of rotatable bonds is 8. The molecule has 0 radical (unpaired) electrons. The fourth-order valence-corrected chi connectivity index (χ4v) is 9.60. The van der Waals surface area contributed by atoms with Crippen molar-refractivity contribution in [2.24, 2.45) is 39.5 Å². The molecule has 4 saturated carbocycles. The summed E-state index contributed by atoms with van der Waals surface area (Å²) in [5.74, 6) is -1.64. The summed E-state index contributed by atoms with van der Waals surface area (Å²) in [7, 11) is 1.74. The normalized spacial score (nSPS) is 35.6. The first-order valence-corrected chi connectivity index (χ1v) is 16.2. The van der Waals surface area contributed by atoms with E-state index < -0.39 is 35.5 Å². The van der Waals surface area contributed by atoms with Crippen LogP contribution in [0, 0.1) is 51.6 Å². The van der Waals surface area contributed by atoms with Crippen LogP contribution in [0.1, 0.15) is 76.3 Å². The van der Waals surface area contributed by atoms with E-state index in [2.05, 4.69) is 18.0 Å². The molecule has 5 aliphatic rings. The zero-order chi connectivity index (χ0) is 32.1. The number of aliphatic hydroxyl groups is 2. The van der Waals surface area contributed by atoms with Crippen molar-refractivity contribution in [3.63, 3.8) is 0 Å². The summed E-state index contributed by atoms with van der Waals surface area (Å²) in [4.78, 5) is 31.1. The van der Waals surface area contributed by atoms with Gasteiger partial charge in [0.05, 0.1) is 18.6 Å². The molecule has 2 N–H and O–H groups in total. The number of benzene rings is 1. The highest BCUT2D eigenvalue weighted by Crippen LogP contribution is 2.69. The molecule has 5 unspecified atom stereocenters. The Labute approximate surface area is 264 Å². The van der Waals surface area contributed by atoms with Gasteiger partial charge in [0.1, 0.15) is 11.9 Å². The van der Waals surface area contributed by atoms with Gasteiger partial charge in [-0.05, 0) is 104 Å². The smallest absolute Gasteiger partial charge is 0.352 e. The Hall–Kier alpha value is -3.35. The molecule has 8 nitrogen and oxygen atoms in total. The van der Waals surface area contributed by atoms with E-state index in [9.17, 15) is 24.2 Å². The fourth-order valence-electron chi connectivity index (χ4n) is 9.60. The molecule has 0 spiro atoms. The third kappa shape index (κ3) is 5.14. The molecule has 0 amide bonds. The van der Waals surface area contributed by atoms with Crippen LogP contribution in [0.3, 0.4) is 0 Å². The summed E-state index contributed by atoms with van der Waals surface area (Å²) < 4.78 is 25.6. The minimum atomic E-state index is -1.53. The molecule has 6 rings (SSSR count). The van der Waals surface area contributed by atoms with E-state index in [1.807, 2.05) is 19.2 Å². The number of nitriles is 1. The van der Waals surface area contributed by atoms with E-state index in [4.69, 9.17) is 14.7 Å². The number of halogens is 1. The Balaban J connectivity index is 1.32. The van der Waals surface area contributed by atoms with Gasteiger partial charge >= 0.3 is 11.9 Å². The van der Waals surface area contributed by atoms with E-state index in [1.165, 1.54) is 11.6 Å². The average molecular weight is 619 g/mol. The van der Waals surface area contributed by atoms with Crippen molar-refractivity contribution in [2.45, 2.75) is 89.9 Å². The van der Waals surface area contributed by atoms with Crippen molar-refractivity contribution in [1.82, 2.24) is 0 Å². The van der Waals surface area contributed by atoms with Crippen LogP contribution in [0.5, 0.6) is 0 Å². The summed E-state index contributed by atoms with van der Waals surface area (Å²) in [5, 5.41) is 30.8. The lowest BCUT2D eigenvalue weighted by Crippen LogP contribution is -2.63. The topological polar surface area (TPSA) is 129 Å². The van der Waals surface area contributed by atoms with Gasteiger partial charge in [-0.1, -0.05) is 37.6 Å². The van der Waals surface area contributed by atoms with Gasteiger partial charge in [0, 0.05) is 24.2 Å². The molecule has 9 heteroatoms. The maximum Gasteiger partial charge on any atom is 0.352 e. The standard InChI is InChI=1S/C36H43FN2O6/c1-34-17-25(19-39-3)23(14-21-4-9-29(37)24(15-21)20-40)16-26(34)7-8-27-28-10-11-36(33(43)44-13-12-38,45-32(42)22-5-6-22)35(28,2)18-30(41)31(27)34/h4,9,15-16,19,22,27-28,30-31,40-41H,5-8,10-11,13-14,17-18,20H2,1-3H3/t27?,28-,30?,31+,34?,35?,36?/m0/s1. The summed E-state index contributed by atoms with van der Waals surface area (Å²) in [5.41, 5.74) is 1.91. The number of aliphatic imine (C=N–C) groups is 1. The fraction of sp³-hybridized carbons (Fsp3) is 0.611. The highest BCUT2D eigenvalue weighted by molar-refractivity contribution is 5.86. The van der Waals surface area contributed by atoms with Crippen molar-refractivity contribution < 1.29 is 33.7 Å². The third-order valence-corrected chi connectivity index (χ3v) is 11.9. The van der Waals surface area contributed by atoms with Gasteiger partial charge in [-0.3, -0.25) is 9.79 Å². The Kier molecular flexibility index (Phi) is 8.28. The summed E-state index contributed by atoms with van der Waals surface area (Å²) in [6.45, 7) is 3.43. The lowest BCUT2D eigenvalue weighted by atomic mass is 9.45. The van der Waals surface area contributed by atoms with Gasteiger partial charge in [0.2, 0.25) is 5.60 Å². The number of fused-ring (bicyclic) bond motifs is 5. The number of nitrogens with zero attached hydrogens (tertiary/aromatic N) is 2. The predicted molar refractivity (Wildman–Crippen MR) is 164 cm³/mol. The first-order chi connectivity index (χ1) is 21.5. The second kappa shape index (κ2) is 11.8. The van der Waals surface area contributed by atoms with Crippen LogP contribution in [-0.2, 0) is 32.1 Å². The monoisotopic (exact) mass is 618 g/mol. The molecule has 45 heavy (non-hydrogen) atoms. The molecule has 5 aliphatic carbocycles. The highest BCUT2D eigenvalue weighted by atomic mass is 19.1. The molecular formula is C36H43FN2O6. The Morgan fingerprint density at radius 1 is 1.22 bits per heavy atom. The number of ether oxygens (including phenoxy) is 2. The summed E-state index contributed by atoms with van der Waals surface area (Å²) in [6.07, 6.45) is 9.06. The van der Waals surface area contributed by atoms with Crippen LogP contribution in [0.15, 0.2) is 46.0 Å². The van der Waals surface area contributed by atoms with E-state index in [0.29, 0.717) is 25.7 Å². The largest absolute Gasteiger partial charge is 0.447 e. The number of hydrogen-bond donors (Lipinski definition) is 2. The molecule has 0 saturated heterocycles. The van der Waals surface area contributed by atoms with E-state index >= 15 is 0 Å². The molecule has 0 aliphatic heterocycles. The number of esters is 2. The molecule has 1 aromatic rings. The van der Waals surface area contributed by atoms with Gasteiger partial charge in [-0.25, -0.2) is 9.18 Å². The SMILES string of the molecule is CN=CC1=C(Cc2ccc(F)c(CO)c2)C=C2CCC3[C@H](C(O)CC4(C)[C@H]3CCC4(OC(=O)C3CC3)C(=O)OCC#N)C2(C)C1. The minimum absolute atomic E-state index is 0.0238. The lowest BCUT2D eigenvalue weighted by Gasteiger charge is -2.60. The highest BCUT2D eigenvalue weighted by Gasteiger charge is 2.71. The zero-order valence-corrected chi connectivity index (χ0v) is 26.4. The zero-order valence-electron chi connectivity index (χ0n) is 26.4. The van der Waals surface area contributed by atoms with Gasteiger partial charge in [-0.2, -0.15) is 5.26 Å². The average Bonchev–Trinajstić information content (AvgIpc) is 3.82. The minimum Gasteiger partial charge on any atom is -0.447 e. The van der Waals surface area contributed by atoms with Crippen molar-refractivity contribution in [3.8, 4) is 6.07 Å². The van der Waals surface area contributed by atoms with Crippen LogP contribution < -0.4 is 0 Å². The van der Waals surface area contributed by atoms with Crippen LogP contribution >= 0.6 is 0 Å². The van der Waals surface area contributed by atoms with Crippen molar-refractivity contribution in [2.75, 3.05) is 13.7 Å². The van der Waals surface area contributed by atoms with E-state index in [1.54, 1.807) is 19.2 Å². The number of carbonyl (C=O) groups excluding carboxylic acids is 2. The Morgan fingerprint density at radius 3 is 2.69 bits per heavy atom. The molecule has 7 atom stereocenters. The van der Waals surface area contributed by atoms with Crippen LogP contribution in [0.25, 0.3) is 0 Å². The second-order valence-electron chi connectivity index (χ2n) is 14.3. The van der Waals surface area contributed by atoms with Crippen LogP contribution in [0.4, 0.5) is 4.39 Å². The van der Waals surface area contributed by atoms with Crippen molar-refractivity contribution in [3.05, 3.63) is 57.9 Å². The first-order valence-electron chi connectivity index (χ1n) is 16.2. The van der Waals surface area contributed by atoms with Crippen LogP contribution in [0.2, 0.25) is 0 Å². The quantitative estimate of drug-likeness (QED) is 0.304. The maximum atomic E-state index is 14.1. The molecule has 1 aromatic carbocycles. The number of aliphatic hydroxyl groups excluding tert-OH is 2. The molecular weight excluding hydrogens is 575 g/mol. The molecule has 4 fully saturated rings. The molecule has 0 heterocycles. The second-order valence-corrected chi connectivity index (χ2v) is 14.3. The molecule has 240 valence electrons. The number of allylic oxidation sites excluding steroid dienone is 4.